The standard InChI is InChI=1S/C10H13N3O4S2/c1-12-18(14,15)6-5-13-19(16,17)10-4-2-3-9(7-10)8-11/h2-4,7,12-13H,5-6H2,1H3. The van der Waals surface area contributed by atoms with Crippen LogP contribution in [-0.4, -0.2) is 36.2 Å². The van der Waals surface area contributed by atoms with E-state index in [1.165, 1.54) is 31.3 Å². The number of nitrogens with one attached hydrogen (secondary N) is 2. The Labute approximate surface area is 112 Å². The number of hydrogen-bond acceptors (Lipinski definition) is 5. The Morgan fingerprint density at radius 2 is 1.95 bits per heavy atom. The SMILES string of the molecule is CNS(=O)(=O)CCNS(=O)(=O)c1cccc(C#N)c1. The zero-order chi connectivity index (χ0) is 14.5. The Bertz CT molecular complexity index is 690. The van der Waals surface area contributed by atoms with Crippen LogP contribution >= 0.6 is 0 Å². The van der Waals surface area contributed by atoms with E-state index in [-0.39, 0.29) is 22.8 Å². The molecule has 19 heavy (non-hydrogen) atoms. The van der Waals surface area contributed by atoms with E-state index in [0.717, 1.165) is 0 Å². The average Bonchev–Trinajstić information content (AvgIpc) is 2.38. The van der Waals surface area contributed by atoms with Crippen LogP contribution in [-0.2, 0) is 20.0 Å². The van der Waals surface area contributed by atoms with E-state index in [1.54, 1.807) is 0 Å². The van der Waals surface area contributed by atoms with Gasteiger partial charge in [-0.2, -0.15) is 5.26 Å². The van der Waals surface area contributed by atoms with Crippen molar-refractivity contribution in [1.29, 1.82) is 5.26 Å². The van der Waals surface area contributed by atoms with Gasteiger partial charge in [-0.05, 0) is 25.2 Å². The Morgan fingerprint density at radius 1 is 1.26 bits per heavy atom. The zero-order valence-corrected chi connectivity index (χ0v) is 11.8. The van der Waals surface area contributed by atoms with E-state index in [2.05, 4.69) is 9.44 Å². The van der Waals surface area contributed by atoms with Crippen LogP contribution < -0.4 is 9.44 Å². The minimum atomic E-state index is -3.82. The molecule has 0 unspecified atom stereocenters. The highest BCUT2D eigenvalue weighted by molar-refractivity contribution is 7.90. The second kappa shape index (κ2) is 6.12. The first-order valence-electron chi connectivity index (χ1n) is 5.22. The molecule has 0 amide bonds. The molecule has 0 heterocycles. The fraction of sp³-hybridized carbons (Fsp3) is 0.300. The lowest BCUT2D eigenvalue weighted by Gasteiger charge is -2.07. The predicted octanol–water partition coefficient (Wildman–Crippen LogP) is -0.614. The molecular formula is C10H13N3O4S2. The zero-order valence-electron chi connectivity index (χ0n) is 10.1. The van der Waals surface area contributed by atoms with Gasteiger partial charge in [-0.1, -0.05) is 6.07 Å². The summed E-state index contributed by atoms with van der Waals surface area (Å²) in [6.07, 6.45) is 0. The monoisotopic (exact) mass is 303 g/mol. The summed E-state index contributed by atoms with van der Waals surface area (Å²) < 4.78 is 50.2. The number of hydrogen-bond donors (Lipinski definition) is 2. The quantitative estimate of drug-likeness (QED) is 0.727. The molecular weight excluding hydrogens is 290 g/mol. The van der Waals surface area contributed by atoms with E-state index in [1.807, 2.05) is 6.07 Å². The minimum Gasteiger partial charge on any atom is -0.218 e. The van der Waals surface area contributed by atoms with Crippen LogP contribution in [0.2, 0.25) is 0 Å². The van der Waals surface area contributed by atoms with Gasteiger partial charge in [0, 0.05) is 6.54 Å². The number of rotatable bonds is 6. The summed E-state index contributed by atoms with van der Waals surface area (Å²) in [4.78, 5) is -0.0756. The van der Waals surface area contributed by atoms with Gasteiger partial charge in [0.15, 0.2) is 0 Å². The van der Waals surface area contributed by atoms with Crippen molar-refractivity contribution in [3.05, 3.63) is 29.8 Å². The maximum Gasteiger partial charge on any atom is 0.240 e. The summed E-state index contributed by atoms with van der Waals surface area (Å²) in [5.41, 5.74) is 0.214. The highest BCUT2D eigenvalue weighted by Crippen LogP contribution is 2.10. The molecule has 0 saturated heterocycles. The molecule has 7 nitrogen and oxygen atoms in total. The van der Waals surface area contributed by atoms with Crippen LogP contribution in [0, 0.1) is 11.3 Å². The molecule has 1 aromatic rings. The molecule has 0 aliphatic carbocycles. The van der Waals surface area contributed by atoms with Crippen LogP contribution in [0.25, 0.3) is 0 Å². The number of sulfonamides is 2. The van der Waals surface area contributed by atoms with Crippen molar-refractivity contribution in [3.8, 4) is 6.07 Å². The summed E-state index contributed by atoms with van der Waals surface area (Å²) >= 11 is 0. The number of nitrogens with zero attached hydrogens (tertiary/aromatic N) is 1. The van der Waals surface area contributed by atoms with Gasteiger partial charge >= 0.3 is 0 Å². The molecule has 0 aromatic heterocycles. The van der Waals surface area contributed by atoms with Crippen molar-refractivity contribution in [2.24, 2.45) is 0 Å². The fourth-order valence-electron chi connectivity index (χ4n) is 1.23. The third kappa shape index (κ3) is 4.60. The van der Waals surface area contributed by atoms with Crippen LogP contribution in [0.5, 0.6) is 0 Å². The first-order chi connectivity index (χ1) is 8.80. The first kappa shape index (κ1) is 15.6. The van der Waals surface area contributed by atoms with Crippen molar-refractivity contribution in [2.45, 2.75) is 4.90 Å². The Kier molecular flexibility index (Phi) is 5.02. The normalized spacial score (nSPS) is 12.0. The van der Waals surface area contributed by atoms with Gasteiger partial charge in [0.1, 0.15) is 0 Å². The summed E-state index contributed by atoms with van der Waals surface area (Å²) in [6.45, 7) is -0.248. The lowest BCUT2D eigenvalue weighted by molar-refractivity contribution is 0.578. The second-order valence-corrected chi connectivity index (χ2v) is 7.37. The van der Waals surface area contributed by atoms with Gasteiger partial charge in [-0.3, -0.25) is 0 Å². The molecule has 0 fully saturated rings. The molecule has 1 rings (SSSR count). The topological polar surface area (TPSA) is 116 Å². The number of benzene rings is 1. The van der Waals surface area contributed by atoms with Gasteiger partial charge in [-0.15, -0.1) is 0 Å². The smallest absolute Gasteiger partial charge is 0.218 e. The maximum absolute atomic E-state index is 11.8. The third-order valence-corrected chi connectivity index (χ3v) is 5.07. The van der Waals surface area contributed by atoms with Crippen molar-refractivity contribution < 1.29 is 16.8 Å². The fourth-order valence-corrected chi connectivity index (χ4v) is 3.01. The van der Waals surface area contributed by atoms with Crippen molar-refractivity contribution in [3.63, 3.8) is 0 Å². The lowest BCUT2D eigenvalue weighted by atomic mass is 10.2. The largest absolute Gasteiger partial charge is 0.240 e. The molecule has 0 spiro atoms. The van der Waals surface area contributed by atoms with E-state index >= 15 is 0 Å². The highest BCUT2D eigenvalue weighted by Gasteiger charge is 2.15. The van der Waals surface area contributed by atoms with E-state index in [0.29, 0.717) is 0 Å². The summed E-state index contributed by atoms with van der Waals surface area (Å²) in [6, 6.07) is 7.30. The maximum atomic E-state index is 11.8. The van der Waals surface area contributed by atoms with E-state index in [4.69, 9.17) is 5.26 Å². The van der Waals surface area contributed by atoms with Gasteiger partial charge in [0.25, 0.3) is 0 Å². The van der Waals surface area contributed by atoms with Gasteiger partial charge in [0.2, 0.25) is 20.0 Å². The molecule has 0 aliphatic rings. The molecule has 0 atom stereocenters. The molecule has 9 heteroatoms. The first-order valence-corrected chi connectivity index (χ1v) is 8.35. The average molecular weight is 303 g/mol. The second-order valence-electron chi connectivity index (χ2n) is 3.56. The third-order valence-electron chi connectivity index (χ3n) is 2.25. The van der Waals surface area contributed by atoms with Crippen molar-refractivity contribution >= 4 is 20.0 Å². The van der Waals surface area contributed by atoms with Crippen LogP contribution in [0.3, 0.4) is 0 Å². The lowest BCUT2D eigenvalue weighted by Crippen LogP contribution is -2.33. The summed E-state index contributed by atoms with van der Waals surface area (Å²) in [5.74, 6) is -0.360. The van der Waals surface area contributed by atoms with Crippen LogP contribution in [0.15, 0.2) is 29.2 Å². The molecule has 0 aliphatic heterocycles. The minimum absolute atomic E-state index is 0.0756. The summed E-state index contributed by atoms with van der Waals surface area (Å²) in [7, 11) is -6.03. The van der Waals surface area contributed by atoms with E-state index < -0.39 is 20.0 Å². The summed E-state index contributed by atoms with van der Waals surface area (Å²) in [5, 5.41) is 8.69. The van der Waals surface area contributed by atoms with Crippen molar-refractivity contribution in [2.75, 3.05) is 19.3 Å². The van der Waals surface area contributed by atoms with Gasteiger partial charge in [-0.25, -0.2) is 26.3 Å². The Hall–Kier alpha value is -1.47. The molecule has 104 valence electrons. The van der Waals surface area contributed by atoms with Gasteiger partial charge < -0.3 is 0 Å². The van der Waals surface area contributed by atoms with Gasteiger partial charge in [0.05, 0.1) is 22.3 Å². The molecule has 0 radical (unpaired) electrons. The Morgan fingerprint density at radius 3 is 2.53 bits per heavy atom. The molecule has 1 aromatic carbocycles. The molecule has 0 bridgehead atoms. The number of nitriles is 1. The van der Waals surface area contributed by atoms with Crippen LogP contribution in [0.1, 0.15) is 5.56 Å². The molecule has 2 N–H and O–H groups in total. The van der Waals surface area contributed by atoms with E-state index in [9.17, 15) is 16.8 Å². The Balaban J connectivity index is 2.80. The van der Waals surface area contributed by atoms with Crippen LogP contribution in [0.4, 0.5) is 0 Å². The van der Waals surface area contributed by atoms with Crippen molar-refractivity contribution in [1.82, 2.24) is 9.44 Å². The highest BCUT2D eigenvalue weighted by atomic mass is 32.2. The molecule has 0 saturated carbocycles. The predicted molar refractivity (Wildman–Crippen MR) is 69.2 cm³/mol.